The summed E-state index contributed by atoms with van der Waals surface area (Å²) in [5, 5.41) is 19.2. The molecule has 2 aromatic heterocycles. The van der Waals surface area contributed by atoms with E-state index in [0.29, 0.717) is 22.2 Å². The predicted molar refractivity (Wildman–Crippen MR) is 111 cm³/mol. The first kappa shape index (κ1) is 19.1. The Bertz CT molecular complexity index is 1270. The van der Waals surface area contributed by atoms with Crippen molar-refractivity contribution in [3.63, 3.8) is 0 Å². The van der Waals surface area contributed by atoms with E-state index in [-0.39, 0.29) is 0 Å². The third-order valence-electron chi connectivity index (χ3n) is 4.48. The van der Waals surface area contributed by atoms with E-state index in [2.05, 4.69) is 27.0 Å². The van der Waals surface area contributed by atoms with Gasteiger partial charge >= 0.3 is 0 Å². The van der Waals surface area contributed by atoms with Crippen LogP contribution in [0.15, 0.2) is 48.8 Å². The van der Waals surface area contributed by atoms with Crippen LogP contribution < -0.4 is 4.90 Å². The summed E-state index contributed by atoms with van der Waals surface area (Å²) in [7, 11) is 1.88. The molecular formula is C21H17ClFN5O. The van der Waals surface area contributed by atoms with Gasteiger partial charge in [0.1, 0.15) is 18.8 Å². The average molecular weight is 410 g/mol. The summed E-state index contributed by atoms with van der Waals surface area (Å²) >= 11 is 6.19. The van der Waals surface area contributed by atoms with Gasteiger partial charge in [-0.25, -0.2) is 4.39 Å². The van der Waals surface area contributed by atoms with Gasteiger partial charge in [0.15, 0.2) is 5.60 Å². The smallest absolute Gasteiger partial charge is 0.257 e. The summed E-state index contributed by atoms with van der Waals surface area (Å²) in [5.41, 5.74) is 0.644. The van der Waals surface area contributed by atoms with Gasteiger partial charge in [-0.05, 0) is 43.3 Å². The van der Waals surface area contributed by atoms with Crippen LogP contribution in [0.4, 0.5) is 15.9 Å². The van der Waals surface area contributed by atoms with E-state index in [1.54, 1.807) is 22.9 Å². The first-order chi connectivity index (χ1) is 13.9. The van der Waals surface area contributed by atoms with Gasteiger partial charge < -0.3 is 10.0 Å². The molecule has 0 fully saturated rings. The van der Waals surface area contributed by atoms with Gasteiger partial charge in [-0.3, -0.25) is 4.40 Å². The number of halogens is 2. The Labute approximate surface area is 171 Å². The van der Waals surface area contributed by atoms with Crippen molar-refractivity contribution in [2.75, 3.05) is 18.6 Å². The number of alkyl halides is 1. The summed E-state index contributed by atoms with van der Waals surface area (Å²) in [6, 6.07) is 12.9. The molecule has 8 heteroatoms. The molecule has 1 atom stereocenters. The van der Waals surface area contributed by atoms with E-state index >= 15 is 0 Å². The summed E-state index contributed by atoms with van der Waals surface area (Å²) in [5.74, 6) is 6.50. The van der Waals surface area contributed by atoms with Crippen molar-refractivity contribution in [3.05, 3.63) is 59.4 Å². The summed E-state index contributed by atoms with van der Waals surface area (Å²) in [6.07, 6.45) is 1.59. The van der Waals surface area contributed by atoms with Gasteiger partial charge in [0.25, 0.3) is 5.78 Å². The van der Waals surface area contributed by atoms with Crippen LogP contribution in [0.3, 0.4) is 0 Å². The molecule has 0 saturated carbocycles. The van der Waals surface area contributed by atoms with Crippen molar-refractivity contribution in [1.29, 1.82) is 0 Å². The van der Waals surface area contributed by atoms with Crippen molar-refractivity contribution < 1.29 is 9.50 Å². The molecule has 1 N–H and O–H groups in total. The number of anilines is 2. The second-order valence-electron chi connectivity index (χ2n) is 6.86. The molecule has 146 valence electrons. The van der Waals surface area contributed by atoms with Crippen LogP contribution in [0.5, 0.6) is 0 Å². The minimum Gasteiger partial charge on any atom is -0.375 e. The fraction of sp³-hybridized carbons (Fsp3) is 0.190. The Morgan fingerprint density at radius 3 is 2.90 bits per heavy atom. The molecule has 0 aliphatic heterocycles. The van der Waals surface area contributed by atoms with E-state index in [1.807, 2.05) is 42.3 Å². The lowest BCUT2D eigenvalue weighted by Gasteiger charge is -2.21. The zero-order valence-electron chi connectivity index (χ0n) is 15.8. The summed E-state index contributed by atoms with van der Waals surface area (Å²) < 4.78 is 14.6. The summed E-state index contributed by atoms with van der Waals surface area (Å²) in [4.78, 5) is 6.55. The minimum absolute atomic E-state index is 0.455. The molecule has 4 rings (SSSR count). The number of hydrogen-bond donors (Lipinski definition) is 1. The van der Waals surface area contributed by atoms with Crippen molar-refractivity contribution in [3.8, 4) is 11.8 Å². The Balaban J connectivity index is 1.81. The zero-order chi connectivity index (χ0) is 20.6. The van der Waals surface area contributed by atoms with Crippen LogP contribution in [-0.2, 0) is 0 Å². The maximum Gasteiger partial charge on any atom is 0.257 e. The largest absolute Gasteiger partial charge is 0.375 e. The lowest BCUT2D eigenvalue weighted by molar-refractivity contribution is 0.0905. The average Bonchev–Trinajstić information content (AvgIpc) is 3.20. The molecule has 0 radical (unpaired) electrons. The fourth-order valence-corrected chi connectivity index (χ4v) is 3.10. The van der Waals surface area contributed by atoms with Gasteiger partial charge in [-0.2, -0.15) is 4.98 Å². The van der Waals surface area contributed by atoms with Gasteiger partial charge in [-0.1, -0.05) is 29.5 Å². The van der Waals surface area contributed by atoms with Gasteiger partial charge in [-0.15, -0.1) is 10.2 Å². The van der Waals surface area contributed by atoms with E-state index < -0.39 is 12.3 Å². The molecule has 29 heavy (non-hydrogen) atoms. The highest BCUT2D eigenvalue weighted by atomic mass is 35.5. The second-order valence-corrected chi connectivity index (χ2v) is 7.30. The van der Waals surface area contributed by atoms with Crippen molar-refractivity contribution in [1.82, 2.24) is 19.6 Å². The molecule has 0 aliphatic carbocycles. The van der Waals surface area contributed by atoms with Crippen molar-refractivity contribution >= 4 is 39.8 Å². The van der Waals surface area contributed by atoms with Crippen molar-refractivity contribution in [2.24, 2.45) is 0 Å². The van der Waals surface area contributed by atoms with Crippen LogP contribution in [0.25, 0.3) is 16.7 Å². The lowest BCUT2D eigenvalue weighted by Crippen LogP contribution is -2.23. The summed E-state index contributed by atoms with van der Waals surface area (Å²) in [6.45, 7) is 0.404. The molecule has 0 spiro atoms. The Kier molecular flexibility index (Phi) is 4.82. The minimum atomic E-state index is -1.67. The maximum absolute atomic E-state index is 12.8. The molecule has 6 nitrogen and oxygen atoms in total. The van der Waals surface area contributed by atoms with Crippen molar-refractivity contribution in [2.45, 2.75) is 12.5 Å². The normalized spacial score (nSPS) is 13.1. The molecule has 1 unspecified atom stereocenters. The van der Waals surface area contributed by atoms with Crippen LogP contribution in [0.1, 0.15) is 12.5 Å². The Morgan fingerprint density at radius 1 is 1.28 bits per heavy atom. The number of nitrogens with zero attached hydrogens (tertiary/aromatic N) is 5. The molecule has 0 aliphatic rings. The van der Waals surface area contributed by atoms with E-state index in [4.69, 9.17) is 11.6 Å². The number of aliphatic hydroxyl groups is 1. The first-order valence-corrected chi connectivity index (χ1v) is 9.20. The third-order valence-corrected chi connectivity index (χ3v) is 4.72. The van der Waals surface area contributed by atoms with E-state index in [9.17, 15) is 9.50 Å². The van der Waals surface area contributed by atoms with E-state index in [1.165, 1.54) is 6.92 Å². The number of rotatable bonds is 3. The standard InChI is InChI=1S/C21H17ClFN5O/c1-21(29,12-23)9-8-14-4-3-5-16(10-14)27(2)19-17-7-6-15(22)11-18(17)28-13-24-26-20(28)25-19/h3-7,10-11,13,29H,12H2,1-2H3. The topological polar surface area (TPSA) is 66.5 Å². The fourth-order valence-electron chi connectivity index (χ4n) is 2.93. The van der Waals surface area contributed by atoms with E-state index in [0.717, 1.165) is 16.6 Å². The van der Waals surface area contributed by atoms with Gasteiger partial charge in [0.2, 0.25) is 0 Å². The second kappa shape index (κ2) is 7.32. The van der Waals surface area contributed by atoms with Crippen LogP contribution in [0.2, 0.25) is 5.02 Å². The molecule has 4 aromatic rings. The lowest BCUT2D eigenvalue weighted by atomic mass is 10.1. The quantitative estimate of drug-likeness (QED) is 0.522. The number of fused-ring (bicyclic) bond motifs is 3. The highest BCUT2D eigenvalue weighted by molar-refractivity contribution is 6.31. The predicted octanol–water partition coefficient (Wildman–Crippen LogP) is 3.77. The third kappa shape index (κ3) is 3.73. The number of benzene rings is 2. The molecule has 0 amide bonds. The van der Waals surface area contributed by atoms with Crippen LogP contribution in [0, 0.1) is 11.8 Å². The number of hydrogen-bond acceptors (Lipinski definition) is 5. The molecule has 2 aromatic carbocycles. The van der Waals surface area contributed by atoms with Gasteiger partial charge in [0.05, 0.1) is 5.52 Å². The van der Waals surface area contributed by atoms with Crippen LogP contribution in [-0.4, -0.2) is 44.0 Å². The molecule has 2 heterocycles. The Hall–Kier alpha value is -3.21. The van der Waals surface area contributed by atoms with Crippen LogP contribution >= 0.6 is 11.6 Å². The highest BCUT2D eigenvalue weighted by Crippen LogP contribution is 2.31. The number of aromatic nitrogens is 4. The highest BCUT2D eigenvalue weighted by Gasteiger charge is 2.17. The zero-order valence-corrected chi connectivity index (χ0v) is 16.5. The molecule has 0 bridgehead atoms. The van der Waals surface area contributed by atoms with Gasteiger partial charge in [0, 0.05) is 28.7 Å². The molecule has 0 saturated heterocycles. The Morgan fingerprint density at radius 2 is 2.10 bits per heavy atom. The maximum atomic E-state index is 12.8. The molecular weight excluding hydrogens is 393 g/mol. The SMILES string of the molecule is CN(c1cccc(C#CC(C)(O)CF)c1)c1nc2nncn2c2cc(Cl)ccc12. The first-order valence-electron chi connectivity index (χ1n) is 8.82. The monoisotopic (exact) mass is 409 g/mol.